The van der Waals surface area contributed by atoms with Crippen LogP contribution in [0.4, 0.5) is 4.39 Å². The third kappa shape index (κ3) is 2.91. The molecule has 2 aliphatic heterocycles. The lowest BCUT2D eigenvalue weighted by Gasteiger charge is -2.30. The summed E-state index contributed by atoms with van der Waals surface area (Å²) in [6.07, 6.45) is 4.69. The molecule has 2 fully saturated rings. The normalized spacial score (nSPS) is 24.4. The van der Waals surface area contributed by atoms with Crippen LogP contribution in [-0.4, -0.2) is 34.0 Å². The Hall–Kier alpha value is -3.59. The van der Waals surface area contributed by atoms with Gasteiger partial charge in [0.1, 0.15) is 12.4 Å². The number of nitrogens with one attached hydrogen (secondary N) is 1. The first-order chi connectivity index (χ1) is 18.8. The summed E-state index contributed by atoms with van der Waals surface area (Å²) >= 11 is 0. The topological polar surface area (TPSA) is 116 Å². The molecule has 0 radical (unpaired) electrons. The second-order valence-electron chi connectivity index (χ2n) is 12.0. The maximum absolute atomic E-state index is 15.1. The van der Waals surface area contributed by atoms with Crippen LogP contribution in [0.5, 0.6) is 0 Å². The Morgan fingerprint density at radius 3 is 2.82 bits per heavy atom. The van der Waals surface area contributed by atoms with Crippen LogP contribution >= 0.6 is 0 Å². The van der Waals surface area contributed by atoms with E-state index >= 15 is 4.39 Å². The molecule has 4 heterocycles. The van der Waals surface area contributed by atoms with Crippen LogP contribution < -0.4 is 16.6 Å². The molecule has 2 atom stereocenters. The third-order valence-corrected chi connectivity index (χ3v) is 10.0. The van der Waals surface area contributed by atoms with E-state index in [1.165, 1.54) is 6.07 Å². The second kappa shape index (κ2) is 7.53. The number of rotatable bonds is 4. The highest BCUT2D eigenvalue weighted by atomic mass is 19.1. The van der Waals surface area contributed by atoms with E-state index in [9.17, 15) is 14.4 Å². The summed E-state index contributed by atoms with van der Waals surface area (Å²) in [4.78, 5) is 44.1. The number of esters is 1. The monoisotopic (exact) mass is 528 g/mol. The van der Waals surface area contributed by atoms with Crippen molar-refractivity contribution in [1.82, 2.24) is 14.9 Å². The van der Waals surface area contributed by atoms with E-state index in [0.29, 0.717) is 73.2 Å². The highest BCUT2D eigenvalue weighted by Crippen LogP contribution is 2.60. The fraction of sp³-hybridized carbons (Fsp3) is 0.467. The lowest BCUT2D eigenvalue weighted by Crippen LogP contribution is -2.36. The second-order valence-corrected chi connectivity index (χ2v) is 12.0. The van der Waals surface area contributed by atoms with Crippen molar-refractivity contribution >= 4 is 22.8 Å². The summed E-state index contributed by atoms with van der Waals surface area (Å²) in [5.41, 5.74) is 11.4. The van der Waals surface area contributed by atoms with E-state index in [4.69, 9.17) is 15.5 Å². The molecule has 2 saturated carbocycles. The van der Waals surface area contributed by atoms with Crippen LogP contribution in [-0.2, 0) is 44.7 Å². The number of hydrogen-bond acceptors (Lipinski definition) is 6. The number of halogens is 1. The third-order valence-electron chi connectivity index (χ3n) is 10.0. The molecule has 200 valence electrons. The van der Waals surface area contributed by atoms with Crippen LogP contribution in [0.25, 0.3) is 22.3 Å². The lowest BCUT2D eigenvalue weighted by atomic mass is 9.75. The summed E-state index contributed by atoms with van der Waals surface area (Å²) in [5.74, 6) is -0.543. The van der Waals surface area contributed by atoms with Gasteiger partial charge in [0.2, 0.25) is 5.91 Å². The molecule has 39 heavy (non-hydrogen) atoms. The minimum atomic E-state index is -0.719. The fourth-order valence-electron chi connectivity index (χ4n) is 7.64. The van der Waals surface area contributed by atoms with Crippen molar-refractivity contribution in [2.24, 2.45) is 5.73 Å². The molecule has 1 aromatic carbocycles. The van der Waals surface area contributed by atoms with Crippen molar-refractivity contribution in [3.63, 3.8) is 0 Å². The van der Waals surface area contributed by atoms with Crippen molar-refractivity contribution in [2.75, 3.05) is 6.54 Å². The molecule has 5 aliphatic rings. The summed E-state index contributed by atoms with van der Waals surface area (Å²) in [7, 11) is 0. The number of cyclic esters (lactones) is 1. The summed E-state index contributed by atoms with van der Waals surface area (Å²) < 4.78 is 22.3. The van der Waals surface area contributed by atoms with Crippen LogP contribution in [0.3, 0.4) is 0 Å². The molecule has 0 saturated heterocycles. The molecule has 8 rings (SSSR count). The van der Waals surface area contributed by atoms with Crippen LogP contribution in [0.15, 0.2) is 16.9 Å². The van der Waals surface area contributed by atoms with Gasteiger partial charge in [0.15, 0.2) is 0 Å². The minimum Gasteiger partial charge on any atom is -0.460 e. The summed E-state index contributed by atoms with van der Waals surface area (Å²) in [5, 5.41) is 4.20. The van der Waals surface area contributed by atoms with Gasteiger partial charge in [-0.15, -0.1) is 0 Å². The number of carbonyl (C=O) groups is 2. The molecule has 1 amide bonds. The number of fused-ring (bicyclic) bond motifs is 7. The Morgan fingerprint density at radius 1 is 1.23 bits per heavy atom. The Bertz CT molecular complexity index is 1740. The molecule has 3 aromatic rings. The van der Waals surface area contributed by atoms with E-state index in [1.807, 2.05) is 13.0 Å². The van der Waals surface area contributed by atoms with Crippen molar-refractivity contribution in [3.05, 3.63) is 61.7 Å². The van der Waals surface area contributed by atoms with E-state index in [2.05, 4.69) is 5.32 Å². The first kappa shape index (κ1) is 23.3. The number of hydrogen-bond donors (Lipinski definition) is 2. The SMILES string of the molecule is Cc1c(F)cc2nc3c(c4c2c1CCC41CC1NC(=O)CCCN)Cn1c-3cc2c(c1=O)COC(=O)C21CC1. The smallest absolute Gasteiger partial charge is 0.316 e. The zero-order chi connectivity index (χ0) is 26.8. The van der Waals surface area contributed by atoms with Gasteiger partial charge in [-0.3, -0.25) is 14.4 Å². The number of amides is 1. The van der Waals surface area contributed by atoms with Crippen LogP contribution in [0, 0.1) is 12.7 Å². The number of benzene rings is 1. The van der Waals surface area contributed by atoms with Gasteiger partial charge in [0.25, 0.3) is 5.56 Å². The Labute approximate surface area is 223 Å². The predicted molar refractivity (Wildman–Crippen MR) is 141 cm³/mol. The number of aromatic nitrogens is 2. The molecule has 2 aromatic heterocycles. The van der Waals surface area contributed by atoms with Crippen LogP contribution in [0.2, 0.25) is 0 Å². The molecule has 3 aliphatic carbocycles. The van der Waals surface area contributed by atoms with Gasteiger partial charge in [-0.05, 0) is 80.3 Å². The van der Waals surface area contributed by atoms with Crippen molar-refractivity contribution in [2.45, 2.75) is 81.9 Å². The zero-order valence-electron chi connectivity index (χ0n) is 21.8. The fourth-order valence-corrected chi connectivity index (χ4v) is 7.64. The number of ether oxygens (including phenoxy) is 1. The van der Waals surface area contributed by atoms with E-state index < -0.39 is 5.41 Å². The molecule has 9 heteroatoms. The first-order valence-corrected chi connectivity index (χ1v) is 13.9. The molecular weight excluding hydrogens is 499 g/mol. The maximum atomic E-state index is 15.1. The van der Waals surface area contributed by atoms with Gasteiger partial charge < -0.3 is 20.4 Å². The van der Waals surface area contributed by atoms with E-state index in [0.717, 1.165) is 40.5 Å². The number of carbonyl (C=O) groups excluding carboxylic acids is 2. The van der Waals surface area contributed by atoms with Crippen molar-refractivity contribution in [3.8, 4) is 11.4 Å². The van der Waals surface area contributed by atoms with E-state index in [-0.39, 0.29) is 41.3 Å². The van der Waals surface area contributed by atoms with Crippen molar-refractivity contribution < 1.29 is 18.7 Å². The molecule has 3 N–H and O–H groups in total. The molecule has 2 unspecified atom stereocenters. The lowest BCUT2D eigenvalue weighted by molar-refractivity contribution is -0.149. The summed E-state index contributed by atoms with van der Waals surface area (Å²) in [6.45, 7) is 2.64. The standard InChI is InChI=1S/C30H29FN4O4/c1-14-15-4-5-30(11-22(30)34-23(36)3-2-8-32)25-16-12-35-21(26(16)33-20(24(15)25)10-19(14)31)9-18-17(27(35)37)13-39-28(38)29(18)6-7-29/h9-10,22H,2-8,11-13,32H2,1H3,(H,34,36). The van der Waals surface area contributed by atoms with Crippen molar-refractivity contribution in [1.29, 1.82) is 0 Å². The Kier molecular flexibility index (Phi) is 4.50. The number of nitrogens with two attached hydrogens (primary N) is 1. The van der Waals surface area contributed by atoms with Gasteiger partial charge in [-0.2, -0.15) is 0 Å². The Balaban J connectivity index is 1.34. The average Bonchev–Trinajstić information content (AvgIpc) is 3.82. The highest BCUT2D eigenvalue weighted by molar-refractivity contribution is 5.95. The summed E-state index contributed by atoms with van der Waals surface area (Å²) in [6, 6.07) is 3.44. The molecule has 8 nitrogen and oxygen atoms in total. The first-order valence-electron chi connectivity index (χ1n) is 13.9. The maximum Gasteiger partial charge on any atom is 0.316 e. The molecular formula is C30H29FN4O4. The average molecular weight is 529 g/mol. The molecule has 0 bridgehead atoms. The predicted octanol–water partition coefficient (Wildman–Crippen LogP) is 2.77. The molecule has 2 spiro atoms. The van der Waals surface area contributed by atoms with Gasteiger partial charge in [-0.25, -0.2) is 9.37 Å². The zero-order valence-corrected chi connectivity index (χ0v) is 21.8. The highest BCUT2D eigenvalue weighted by Gasteiger charge is 2.60. The number of nitrogens with zero attached hydrogens (tertiary/aromatic N) is 2. The Morgan fingerprint density at radius 2 is 2.05 bits per heavy atom. The van der Waals surface area contributed by atoms with Gasteiger partial charge in [0.05, 0.1) is 34.4 Å². The largest absolute Gasteiger partial charge is 0.460 e. The number of aryl methyl sites for hydroxylation is 1. The van der Waals surface area contributed by atoms with Crippen LogP contribution in [0.1, 0.15) is 71.9 Å². The van der Waals surface area contributed by atoms with Gasteiger partial charge >= 0.3 is 5.97 Å². The quantitative estimate of drug-likeness (QED) is 0.394. The van der Waals surface area contributed by atoms with Gasteiger partial charge in [-0.1, -0.05) is 0 Å². The minimum absolute atomic E-state index is 0.00284. The number of pyridine rings is 2. The van der Waals surface area contributed by atoms with E-state index in [1.54, 1.807) is 4.57 Å². The van der Waals surface area contributed by atoms with Gasteiger partial charge in [0, 0.05) is 34.9 Å².